The highest BCUT2D eigenvalue weighted by Gasteiger charge is 2.22. The number of hydrogen-bond acceptors (Lipinski definition) is 2. The van der Waals surface area contributed by atoms with Gasteiger partial charge in [-0.1, -0.05) is 19.9 Å². The van der Waals surface area contributed by atoms with Crippen molar-refractivity contribution < 1.29 is 4.57 Å². The largest absolute Gasteiger partial charge is 0.317 e. The van der Waals surface area contributed by atoms with Crippen molar-refractivity contribution in [1.82, 2.24) is 0 Å². The summed E-state index contributed by atoms with van der Waals surface area (Å²) in [6.07, 6.45) is 5.23. The number of allylic oxidation sites excluding steroid dienone is 2. The Kier molecular flexibility index (Phi) is 6.03. The number of rotatable bonds is 5. The fourth-order valence-corrected chi connectivity index (χ4v) is 3.20. The molecule has 0 aromatic rings. The maximum absolute atomic E-state index is 12.4. The van der Waals surface area contributed by atoms with Crippen LogP contribution in [0, 0.1) is 0 Å². The second-order valence-electron chi connectivity index (χ2n) is 3.60. The Hall–Kier alpha value is -0.360. The molecule has 0 bridgehead atoms. The molecule has 0 aliphatic heterocycles. The van der Waals surface area contributed by atoms with Crippen LogP contribution in [0.4, 0.5) is 0 Å². The quantitative estimate of drug-likeness (QED) is 0.507. The van der Waals surface area contributed by atoms with Crippen molar-refractivity contribution in [3.63, 3.8) is 0 Å². The number of hydrogen-bond donors (Lipinski definition) is 0. The van der Waals surface area contributed by atoms with Crippen LogP contribution in [-0.2, 0) is 4.57 Å². The zero-order valence-electron chi connectivity index (χ0n) is 9.95. The van der Waals surface area contributed by atoms with E-state index in [-0.39, 0.29) is 6.04 Å². The topological polar surface area (TPSA) is 29.4 Å². The van der Waals surface area contributed by atoms with Crippen molar-refractivity contribution >= 4 is 12.6 Å². The first-order chi connectivity index (χ1) is 6.50. The Bertz CT molecular complexity index is 258. The van der Waals surface area contributed by atoms with E-state index in [1.807, 2.05) is 46.8 Å². The average molecular weight is 215 g/mol. The van der Waals surface area contributed by atoms with E-state index in [1.54, 1.807) is 0 Å². The fraction of sp³-hybridized carbons (Fsp3) is 0.727. The van der Waals surface area contributed by atoms with E-state index < -0.39 is 7.14 Å². The van der Waals surface area contributed by atoms with Crippen molar-refractivity contribution in [2.24, 2.45) is 4.99 Å². The van der Waals surface area contributed by atoms with Gasteiger partial charge in [-0.05, 0) is 26.8 Å². The third-order valence-corrected chi connectivity index (χ3v) is 5.29. The van der Waals surface area contributed by atoms with Crippen molar-refractivity contribution in [1.29, 1.82) is 0 Å². The molecule has 14 heavy (non-hydrogen) atoms. The van der Waals surface area contributed by atoms with Gasteiger partial charge in [0.1, 0.15) is 7.14 Å². The van der Waals surface area contributed by atoms with Crippen LogP contribution in [0.1, 0.15) is 34.6 Å². The zero-order chi connectivity index (χ0) is 11.2. The molecule has 0 unspecified atom stereocenters. The van der Waals surface area contributed by atoms with Crippen molar-refractivity contribution in [2.45, 2.75) is 40.7 Å². The summed E-state index contributed by atoms with van der Waals surface area (Å²) < 4.78 is 12.4. The smallest absolute Gasteiger partial charge is 0.132 e. The minimum Gasteiger partial charge on any atom is -0.317 e. The van der Waals surface area contributed by atoms with Crippen LogP contribution in [0.2, 0.25) is 0 Å². The molecule has 0 fully saturated rings. The SMILES string of the molecule is C/C=C\C(=NC(C)C)P(=O)(CC)CC. The van der Waals surface area contributed by atoms with Gasteiger partial charge in [0.05, 0.1) is 5.45 Å². The highest BCUT2D eigenvalue weighted by Crippen LogP contribution is 2.47. The molecule has 0 saturated carbocycles. The molecule has 0 N–H and O–H groups in total. The van der Waals surface area contributed by atoms with Gasteiger partial charge in [-0.3, -0.25) is 4.99 Å². The van der Waals surface area contributed by atoms with Gasteiger partial charge < -0.3 is 4.57 Å². The first kappa shape index (κ1) is 13.6. The Balaban J connectivity index is 5.09. The maximum atomic E-state index is 12.4. The molecule has 0 aliphatic carbocycles. The van der Waals surface area contributed by atoms with Gasteiger partial charge in [0.15, 0.2) is 0 Å². The van der Waals surface area contributed by atoms with E-state index in [4.69, 9.17) is 0 Å². The van der Waals surface area contributed by atoms with E-state index in [0.29, 0.717) is 12.3 Å². The monoisotopic (exact) mass is 215 g/mol. The number of nitrogens with zero attached hydrogens (tertiary/aromatic N) is 1. The summed E-state index contributed by atoms with van der Waals surface area (Å²) in [6, 6.07) is 0.215. The lowest BCUT2D eigenvalue weighted by Gasteiger charge is -2.15. The van der Waals surface area contributed by atoms with Crippen LogP contribution in [0.25, 0.3) is 0 Å². The van der Waals surface area contributed by atoms with E-state index in [1.165, 1.54) is 0 Å². The molecule has 0 heterocycles. The summed E-state index contributed by atoms with van der Waals surface area (Å²) in [5.41, 5.74) is 0.806. The van der Waals surface area contributed by atoms with E-state index in [0.717, 1.165) is 5.45 Å². The average Bonchev–Trinajstić information content (AvgIpc) is 2.15. The highest BCUT2D eigenvalue weighted by atomic mass is 31.2. The Labute approximate surface area is 87.9 Å². The van der Waals surface area contributed by atoms with Gasteiger partial charge in [0, 0.05) is 18.4 Å². The summed E-state index contributed by atoms with van der Waals surface area (Å²) in [6.45, 7) is 9.91. The van der Waals surface area contributed by atoms with Crippen molar-refractivity contribution in [3.8, 4) is 0 Å². The first-order valence-corrected chi connectivity index (χ1v) is 7.37. The zero-order valence-corrected chi connectivity index (χ0v) is 10.8. The Morgan fingerprint density at radius 2 is 1.86 bits per heavy atom. The predicted molar refractivity (Wildman–Crippen MR) is 66.1 cm³/mol. The van der Waals surface area contributed by atoms with Crippen LogP contribution in [-0.4, -0.2) is 23.8 Å². The second-order valence-corrected chi connectivity index (χ2v) is 7.10. The van der Waals surface area contributed by atoms with E-state index in [9.17, 15) is 4.57 Å². The van der Waals surface area contributed by atoms with Gasteiger partial charge in [0.25, 0.3) is 0 Å². The summed E-state index contributed by atoms with van der Waals surface area (Å²) in [4.78, 5) is 4.45. The molecule has 3 heteroatoms. The summed E-state index contributed by atoms with van der Waals surface area (Å²) >= 11 is 0. The fourth-order valence-electron chi connectivity index (χ4n) is 1.25. The van der Waals surface area contributed by atoms with Gasteiger partial charge in [-0.2, -0.15) is 0 Å². The third kappa shape index (κ3) is 3.79. The molecule has 0 amide bonds. The molecule has 0 radical (unpaired) electrons. The van der Waals surface area contributed by atoms with Gasteiger partial charge in [0.2, 0.25) is 0 Å². The lowest BCUT2D eigenvalue weighted by atomic mass is 10.4. The molecule has 0 atom stereocenters. The normalized spacial score (nSPS) is 14.3. The third-order valence-electron chi connectivity index (χ3n) is 2.15. The molecule has 0 rings (SSSR count). The molecule has 0 spiro atoms. The molecule has 0 saturated heterocycles. The minimum absolute atomic E-state index is 0.215. The molecule has 0 aliphatic rings. The highest BCUT2D eigenvalue weighted by molar-refractivity contribution is 7.81. The lowest BCUT2D eigenvalue weighted by Crippen LogP contribution is -2.05. The molecule has 0 aromatic heterocycles. The van der Waals surface area contributed by atoms with Crippen LogP contribution in [0.3, 0.4) is 0 Å². The second kappa shape index (κ2) is 6.19. The Morgan fingerprint density at radius 3 is 2.14 bits per heavy atom. The first-order valence-electron chi connectivity index (χ1n) is 5.29. The van der Waals surface area contributed by atoms with Crippen molar-refractivity contribution in [2.75, 3.05) is 12.3 Å². The van der Waals surface area contributed by atoms with Crippen LogP contribution in [0.15, 0.2) is 17.1 Å². The van der Waals surface area contributed by atoms with E-state index in [2.05, 4.69) is 4.99 Å². The molecule has 0 aromatic carbocycles. The van der Waals surface area contributed by atoms with Crippen molar-refractivity contribution in [3.05, 3.63) is 12.2 Å². The lowest BCUT2D eigenvalue weighted by molar-refractivity contribution is 0.583. The van der Waals surface area contributed by atoms with Crippen LogP contribution in [0.5, 0.6) is 0 Å². The standard InChI is InChI=1S/C11H22NOP/c1-6-9-11(12-10(4)5)14(13,7-2)8-3/h6,9-10H,7-8H2,1-5H3/b9-6-,12-11?. The van der Waals surface area contributed by atoms with Crippen LogP contribution < -0.4 is 0 Å². The molecular formula is C11H22NOP. The van der Waals surface area contributed by atoms with Crippen LogP contribution >= 0.6 is 7.14 Å². The predicted octanol–water partition coefficient (Wildman–Crippen LogP) is 3.77. The summed E-state index contributed by atoms with van der Waals surface area (Å²) in [7, 11) is -2.20. The van der Waals surface area contributed by atoms with Gasteiger partial charge in [-0.25, -0.2) is 0 Å². The van der Waals surface area contributed by atoms with Gasteiger partial charge >= 0.3 is 0 Å². The van der Waals surface area contributed by atoms with E-state index >= 15 is 0 Å². The Morgan fingerprint density at radius 1 is 1.36 bits per heavy atom. The molecule has 82 valence electrons. The molecule has 2 nitrogen and oxygen atoms in total. The van der Waals surface area contributed by atoms with Gasteiger partial charge in [-0.15, -0.1) is 0 Å². The number of aliphatic imine (C=N–C) groups is 1. The molecular weight excluding hydrogens is 193 g/mol. The maximum Gasteiger partial charge on any atom is 0.132 e. The summed E-state index contributed by atoms with van der Waals surface area (Å²) in [5, 5.41) is 0. The summed E-state index contributed by atoms with van der Waals surface area (Å²) in [5.74, 6) is 0. The minimum atomic E-state index is -2.20.